The van der Waals surface area contributed by atoms with Crippen LogP contribution < -0.4 is 5.32 Å². The summed E-state index contributed by atoms with van der Waals surface area (Å²) >= 11 is 0. The number of likely N-dealkylation sites (N-methyl/N-ethyl adjacent to an activating group) is 1. The fourth-order valence-corrected chi connectivity index (χ4v) is 1.34. The van der Waals surface area contributed by atoms with E-state index in [1.54, 1.807) is 7.11 Å². The van der Waals surface area contributed by atoms with Crippen LogP contribution in [0.2, 0.25) is 0 Å². The van der Waals surface area contributed by atoms with Crippen molar-refractivity contribution in [1.29, 1.82) is 0 Å². The van der Waals surface area contributed by atoms with E-state index in [-0.39, 0.29) is 5.69 Å². The van der Waals surface area contributed by atoms with Crippen LogP contribution in [0.15, 0.2) is 10.6 Å². The van der Waals surface area contributed by atoms with Gasteiger partial charge in [0.1, 0.15) is 0 Å². The van der Waals surface area contributed by atoms with E-state index in [0.29, 0.717) is 18.9 Å². The molecular weight excluding hydrogens is 238 g/mol. The van der Waals surface area contributed by atoms with Crippen LogP contribution in [0.1, 0.15) is 16.2 Å². The van der Waals surface area contributed by atoms with Crippen molar-refractivity contribution in [2.24, 2.45) is 0 Å². The number of carbonyl (C=O) groups is 1. The van der Waals surface area contributed by atoms with Crippen molar-refractivity contribution < 1.29 is 19.2 Å². The number of aromatic nitrogens is 1. The van der Waals surface area contributed by atoms with Crippen molar-refractivity contribution in [3.8, 4) is 0 Å². The number of aromatic carboxylic acids is 1. The molecule has 2 N–H and O–H groups in total. The van der Waals surface area contributed by atoms with Gasteiger partial charge in [0.05, 0.1) is 13.2 Å². The van der Waals surface area contributed by atoms with E-state index in [2.05, 4.69) is 15.4 Å². The van der Waals surface area contributed by atoms with Crippen molar-refractivity contribution in [2.75, 3.05) is 40.4 Å². The minimum atomic E-state index is -1.08. The fourth-order valence-electron chi connectivity index (χ4n) is 1.34. The molecule has 0 saturated carbocycles. The van der Waals surface area contributed by atoms with Crippen LogP contribution in [0.25, 0.3) is 0 Å². The number of nitrogens with one attached hydrogen (secondary N) is 1. The second-order valence-corrected chi connectivity index (χ2v) is 3.96. The van der Waals surface area contributed by atoms with Crippen LogP contribution in [-0.2, 0) is 11.3 Å². The quantitative estimate of drug-likeness (QED) is 0.604. The van der Waals surface area contributed by atoms with Gasteiger partial charge in [-0.2, -0.15) is 0 Å². The molecule has 0 bridgehead atoms. The predicted octanol–water partition coefficient (Wildman–Crippen LogP) is 0.0406. The molecule has 0 aliphatic carbocycles. The van der Waals surface area contributed by atoms with E-state index >= 15 is 0 Å². The molecule has 0 atom stereocenters. The number of methoxy groups -OCH3 is 1. The molecule has 0 aliphatic heterocycles. The van der Waals surface area contributed by atoms with E-state index in [9.17, 15) is 4.79 Å². The second kappa shape index (κ2) is 7.80. The first-order valence-electron chi connectivity index (χ1n) is 5.70. The lowest BCUT2D eigenvalue weighted by atomic mass is 10.3. The van der Waals surface area contributed by atoms with Crippen LogP contribution in [-0.4, -0.2) is 61.5 Å². The molecule has 0 saturated heterocycles. The maximum atomic E-state index is 10.6. The lowest BCUT2D eigenvalue weighted by Gasteiger charge is -2.15. The van der Waals surface area contributed by atoms with Gasteiger partial charge in [0.2, 0.25) is 0 Å². The Kier molecular flexibility index (Phi) is 6.34. The molecule has 0 amide bonds. The molecular formula is C11H19N3O4. The predicted molar refractivity (Wildman–Crippen MR) is 64.5 cm³/mol. The van der Waals surface area contributed by atoms with E-state index in [1.807, 2.05) is 7.05 Å². The number of carboxylic acid groups (broad SMARTS) is 1. The summed E-state index contributed by atoms with van der Waals surface area (Å²) in [6.45, 7) is 3.72. The molecule has 0 aromatic carbocycles. The molecule has 0 unspecified atom stereocenters. The van der Waals surface area contributed by atoms with Crippen LogP contribution >= 0.6 is 0 Å². The van der Waals surface area contributed by atoms with Crippen molar-refractivity contribution in [1.82, 2.24) is 15.4 Å². The number of ether oxygens (including phenoxy) is 1. The molecule has 1 aromatic heterocycles. The minimum Gasteiger partial charge on any atom is -0.476 e. The highest BCUT2D eigenvalue weighted by atomic mass is 16.5. The zero-order chi connectivity index (χ0) is 13.4. The van der Waals surface area contributed by atoms with Crippen molar-refractivity contribution in [2.45, 2.75) is 6.54 Å². The van der Waals surface area contributed by atoms with Gasteiger partial charge >= 0.3 is 5.97 Å². The van der Waals surface area contributed by atoms with E-state index in [1.165, 1.54) is 6.07 Å². The number of hydrogen-bond acceptors (Lipinski definition) is 6. The van der Waals surface area contributed by atoms with Crippen LogP contribution in [0.3, 0.4) is 0 Å². The number of rotatable bonds is 9. The summed E-state index contributed by atoms with van der Waals surface area (Å²) in [6, 6.07) is 1.42. The first-order valence-corrected chi connectivity index (χ1v) is 5.70. The Morgan fingerprint density at radius 1 is 1.61 bits per heavy atom. The Balaban J connectivity index is 2.15. The lowest BCUT2D eigenvalue weighted by Crippen LogP contribution is -2.31. The first kappa shape index (κ1) is 14.6. The van der Waals surface area contributed by atoms with Crippen molar-refractivity contribution in [3.63, 3.8) is 0 Å². The van der Waals surface area contributed by atoms with Gasteiger partial charge in [-0.05, 0) is 7.05 Å². The third kappa shape index (κ3) is 5.26. The number of carboxylic acids is 1. The average Bonchev–Trinajstić information content (AvgIpc) is 2.81. The smallest absolute Gasteiger partial charge is 0.358 e. The highest BCUT2D eigenvalue weighted by Gasteiger charge is 2.09. The summed E-state index contributed by atoms with van der Waals surface area (Å²) < 4.78 is 9.84. The minimum absolute atomic E-state index is 0.0657. The third-order valence-electron chi connectivity index (χ3n) is 2.42. The summed E-state index contributed by atoms with van der Waals surface area (Å²) in [7, 11) is 3.69. The molecule has 18 heavy (non-hydrogen) atoms. The van der Waals surface area contributed by atoms with Gasteiger partial charge in [-0.1, -0.05) is 5.16 Å². The van der Waals surface area contributed by atoms with E-state index in [0.717, 1.165) is 19.6 Å². The number of hydrogen-bond donors (Lipinski definition) is 2. The Bertz CT molecular complexity index is 367. The molecule has 7 nitrogen and oxygen atoms in total. The largest absolute Gasteiger partial charge is 0.476 e. The van der Waals surface area contributed by atoms with Gasteiger partial charge in [-0.15, -0.1) is 0 Å². The average molecular weight is 257 g/mol. The summed E-state index contributed by atoms with van der Waals surface area (Å²) in [6.07, 6.45) is 0. The maximum absolute atomic E-state index is 10.6. The van der Waals surface area contributed by atoms with Gasteiger partial charge in [-0.25, -0.2) is 4.79 Å². The Labute approximate surface area is 106 Å². The van der Waals surface area contributed by atoms with E-state index in [4.69, 9.17) is 14.4 Å². The molecule has 1 rings (SSSR count). The Morgan fingerprint density at radius 3 is 3.00 bits per heavy atom. The molecule has 7 heteroatoms. The highest BCUT2D eigenvalue weighted by molar-refractivity contribution is 5.85. The molecule has 1 heterocycles. The van der Waals surface area contributed by atoms with Crippen LogP contribution in [0.5, 0.6) is 0 Å². The molecule has 0 radical (unpaired) electrons. The zero-order valence-corrected chi connectivity index (χ0v) is 10.7. The van der Waals surface area contributed by atoms with Gasteiger partial charge in [0.25, 0.3) is 0 Å². The zero-order valence-electron chi connectivity index (χ0n) is 10.7. The van der Waals surface area contributed by atoms with Gasteiger partial charge < -0.3 is 24.6 Å². The van der Waals surface area contributed by atoms with Gasteiger partial charge in [0.15, 0.2) is 11.5 Å². The summed E-state index contributed by atoms with van der Waals surface area (Å²) in [4.78, 5) is 12.7. The molecule has 0 aliphatic rings. The summed E-state index contributed by atoms with van der Waals surface area (Å²) in [5.74, 6) is -0.559. The van der Waals surface area contributed by atoms with Crippen LogP contribution in [0.4, 0.5) is 0 Å². The lowest BCUT2D eigenvalue weighted by molar-refractivity contribution is 0.0685. The van der Waals surface area contributed by atoms with Crippen LogP contribution in [0, 0.1) is 0 Å². The van der Waals surface area contributed by atoms with Crippen molar-refractivity contribution >= 4 is 5.97 Å². The van der Waals surface area contributed by atoms with Gasteiger partial charge in [0, 0.05) is 32.8 Å². The maximum Gasteiger partial charge on any atom is 0.358 e. The van der Waals surface area contributed by atoms with E-state index < -0.39 is 5.97 Å². The summed E-state index contributed by atoms with van der Waals surface area (Å²) in [5, 5.41) is 15.2. The first-order chi connectivity index (χ1) is 8.63. The standard InChI is InChI=1S/C11H19N3O4/c1-14(5-6-17-2)4-3-12-8-9-7-10(11(15)16)13-18-9/h7,12H,3-6,8H2,1-2H3,(H,15,16). The molecule has 102 valence electrons. The molecule has 1 aromatic rings. The third-order valence-corrected chi connectivity index (χ3v) is 2.42. The second-order valence-electron chi connectivity index (χ2n) is 3.96. The SMILES string of the molecule is COCCN(C)CCNCc1cc(C(=O)O)no1. The fraction of sp³-hybridized carbons (Fsp3) is 0.636. The Hall–Kier alpha value is -1.44. The normalized spacial score (nSPS) is 11.1. The highest BCUT2D eigenvalue weighted by Crippen LogP contribution is 2.02. The number of nitrogens with zero attached hydrogens (tertiary/aromatic N) is 2. The molecule has 0 fully saturated rings. The Morgan fingerprint density at radius 2 is 2.39 bits per heavy atom. The summed E-state index contributed by atoms with van der Waals surface area (Å²) in [5.41, 5.74) is -0.0657. The topological polar surface area (TPSA) is 87.8 Å². The van der Waals surface area contributed by atoms with Crippen molar-refractivity contribution in [3.05, 3.63) is 17.5 Å². The molecule has 0 spiro atoms. The van der Waals surface area contributed by atoms with Gasteiger partial charge in [-0.3, -0.25) is 0 Å². The monoisotopic (exact) mass is 257 g/mol.